The molecule has 1 unspecified atom stereocenters. The first-order valence-electron chi connectivity index (χ1n) is 8.38. The molecule has 2 fully saturated rings. The van der Waals surface area contributed by atoms with E-state index in [0.29, 0.717) is 37.1 Å². The first-order chi connectivity index (χ1) is 10.6. The van der Waals surface area contributed by atoms with Gasteiger partial charge in [-0.15, -0.1) is 0 Å². The molecule has 1 aromatic rings. The maximum atomic E-state index is 12.1. The molecule has 0 spiro atoms. The molecule has 0 aromatic carbocycles. The lowest BCUT2D eigenvalue weighted by molar-refractivity contribution is -0.131. The molecule has 122 valence electrons. The lowest BCUT2D eigenvalue weighted by atomic mass is 10.1. The van der Waals surface area contributed by atoms with Crippen LogP contribution in [0.5, 0.6) is 0 Å². The number of carbonyl (C=O) groups is 1. The van der Waals surface area contributed by atoms with Gasteiger partial charge in [0, 0.05) is 32.4 Å². The molecule has 0 aliphatic heterocycles. The minimum absolute atomic E-state index is 0.0142. The number of aromatic nitrogens is 2. The molecule has 1 N–H and O–H groups in total. The third-order valence-corrected chi connectivity index (χ3v) is 4.81. The lowest BCUT2D eigenvalue weighted by Crippen LogP contribution is -2.35. The Kier molecular flexibility index (Phi) is 4.76. The molecular formula is C16H25N3O3. The highest BCUT2D eigenvalue weighted by molar-refractivity contribution is 5.76. The Labute approximate surface area is 130 Å². The van der Waals surface area contributed by atoms with Crippen LogP contribution < -0.4 is 0 Å². The van der Waals surface area contributed by atoms with E-state index in [2.05, 4.69) is 10.1 Å². The average Bonchev–Trinajstić information content (AvgIpc) is 3.02. The summed E-state index contributed by atoms with van der Waals surface area (Å²) in [5.41, 5.74) is 0. The van der Waals surface area contributed by atoms with Gasteiger partial charge in [0.05, 0.1) is 6.10 Å². The standard InChI is InChI=1S/C16H25N3O3/c1-19(10-13(20)11-6-7-11)15(21)9-8-14-17-16(18-22-14)12-4-2-3-5-12/h11-13,20H,2-10H2,1H3. The normalized spacial score (nSPS) is 20.3. The molecule has 0 radical (unpaired) electrons. The van der Waals surface area contributed by atoms with Gasteiger partial charge in [-0.2, -0.15) is 4.98 Å². The van der Waals surface area contributed by atoms with Gasteiger partial charge in [0.2, 0.25) is 11.8 Å². The predicted molar refractivity (Wildman–Crippen MR) is 80.2 cm³/mol. The fourth-order valence-electron chi connectivity index (χ4n) is 3.14. The number of aliphatic hydroxyl groups is 1. The molecule has 1 aromatic heterocycles. The summed E-state index contributed by atoms with van der Waals surface area (Å²) in [5.74, 6) is 2.19. The van der Waals surface area contributed by atoms with Gasteiger partial charge in [0.25, 0.3) is 0 Å². The van der Waals surface area contributed by atoms with Gasteiger partial charge in [-0.3, -0.25) is 4.79 Å². The molecule has 22 heavy (non-hydrogen) atoms. The number of hydrogen-bond acceptors (Lipinski definition) is 5. The molecule has 0 saturated heterocycles. The number of aliphatic hydroxyl groups excluding tert-OH is 1. The van der Waals surface area contributed by atoms with E-state index in [1.165, 1.54) is 12.8 Å². The molecule has 2 aliphatic rings. The van der Waals surface area contributed by atoms with Crippen molar-refractivity contribution in [2.45, 2.75) is 63.4 Å². The zero-order valence-electron chi connectivity index (χ0n) is 13.2. The van der Waals surface area contributed by atoms with Crippen LogP contribution in [0.4, 0.5) is 0 Å². The minimum Gasteiger partial charge on any atom is -0.391 e. The quantitative estimate of drug-likeness (QED) is 0.832. The minimum atomic E-state index is -0.383. The number of aryl methyl sites for hydroxylation is 1. The molecule has 0 bridgehead atoms. The molecule has 6 heteroatoms. The van der Waals surface area contributed by atoms with Crippen molar-refractivity contribution in [2.24, 2.45) is 5.92 Å². The molecule has 1 atom stereocenters. The number of nitrogens with zero attached hydrogens (tertiary/aromatic N) is 3. The zero-order valence-corrected chi connectivity index (χ0v) is 13.2. The summed E-state index contributed by atoms with van der Waals surface area (Å²) in [4.78, 5) is 18.1. The second-order valence-electron chi connectivity index (χ2n) is 6.71. The summed E-state index contributed by atoms with van der Waals surface area (Å²) in [6.45, 7) is 0.417. The van der Waals surface area contributed by atoms with E-state index >= 15 is 0 Å². The highest BCUT2D eigenvalue weighted by atomic mass is 16.5. The maximum absolute atomic E-state index is 12.1. The van der Waals surface area contributed by atoms with E-state index in [9.17, 15) is 9.90 Å². The van der Waals surface area contributed by atoms with Crippen LogP contribution in [0, 0.1) is 5.92 Å². The summed E-state index contributed by atoms with van der Waals surface area (Å²) >= 11 is 0. The van der Waals surface area contributed by atoms with Crippen molar-refractivity contribution in [1.82, 2.24) is 15.0 Å². The van der Waals surface area contributed by atoms with Gasteiger partial charge in [-0.05, 0) is 31.6 Å². The number of hydrogen-bond donors (Lipinski definition) is 1. The summed E-state index contributed by atoms with van der Waals surface area (Å²) in [5, 5.41) is 13.9. The number of likely N-dealkylation sites (N-methyl/N-ethyl adjacent to an activating group) is 1. The van der Waals surface area contributed by atoms with E-state index in [1.54, 1.807) is 11.9 Å². The Morgan fingerprint density at radius 1 is 1.36 bits per heavy atom. The van der Waals surface area contributed by atoms with Crippen LogP contribution in [-0.2, 0) is 11.2 Å². The Bertz CT molecular complexity index is 506. The van der Waals surface area contributed by atoms with Crippen LogP contribution in [0.3, 0.4) is 0 Å². The molecule has 1 heterocycles. The third-order valence-electron chi connectivity index (χ3n) is 4.81. The van der Waals surface area contributed by atoms with Crippen molar-refractivity contribution in [1.29, 1.82) is 0 Å². The largest absolute Gasteiger partial charge is 0.391 e. The van der Waals surface area contributed by atoms with E-state index in [-0.39, 0.29) is 12.0 Å². The second-order valence-corrected chi connectivity index (χ2v) is 6.71. The van der Waals surface area contributed by atoms with Crippen LogP contribution in [0.15, 0.2) is 4.52 Å². The molecule has 2 saturated carbocycles. The number of amides is 1. The summed E-state index contributed by atoms with van der Waals surface area (Å²) < 4.78 is 5.26. The predicted octanol–water partition coefficient (Wildman–Crippen LogP) is 1.89. The smallest absolute Gasteiger partial charge is 0.227 e. The van der Waals surface area contributed by atoms with Gasteiger partial charge in [-0.1, -0.05) is 18.0 Å². The summed E-state index contributed by atoms with van der Waals surface area (Å²) in [6, 6.07) is 0. The third kappa shape index (κ3) is 3.85. The first kappa shape index (κ1) is 15.5. The van der Waals surface area contributed by atoms with Crippen LogP contribution in [0.1, 0.15) is 62.6 Å². The fraction of sp³-hybridized carbons (Fsp3) is 0.812. The highest BCUT2D eigenvalue weighted by Crippen LogP contribution is 2.33. The fourth-order valence-corrected chi connectivity index (χ4v) is 3.14. The van der Waals surface area contributed by atoms with Crippen molar-refractivity contribution in [3.8, 4) is 0 Å². The highest BCUT2D eigenvalue weighted by Gasteiger charge is 2.31. The SMILES string of the molecule is CN(CC(O)C1CC1)C(=O)CCc1nc(C2CCCC2)no1. The zero-order chi connectivity index (χ0) is 15.5. The van der Waals surface area contributed by atoms with Crippen LogP contribution >= 0.6 is 0 Å². The summed E-state index contributed by atoms with van der Waals surface area (Å²) in [6.07, 6.45) is 7.35. The Morgan fingerprint density at radius 3 is 2.77 bits per heavy atom. The van der Waals surface area contributed by atoms with Crippen LogP contribution in [0.25, 0.3) is 0 Å². The summed E-state index contributed by atoms with van der Waals surface area (Å²) in [7, 11) is 1.74. The van der Waals surface area contributed by atoms with E-state index in [0.717, 1.165) is 31.5 Å². The lowest BCUT2D eigenvalue weighted by Gasteiger charge is -2.20. The van der Waals surface area contributed by atoms with Crippen molar-refractivity contribution < 1.29 is 14.4 Å². The molecular weight excluding hydrogens is 282 g/mol. The Balaban J connectivity index is 1.43. The molecule has 2 aliphatic carbocycles. The second kappa shape index (κ2) is 6.77. The Morgan fingerprint density at radius 2 is 2.09 bits per heavy atom. The topological polar surface area (TPSA) is 79.5 Å². The van der Waals surface area contributed by atoms with Gasteiger partial charge in [0.15, 0.2) is 5.82 Å². The maximum Gasteiger partial charge on any atom is 0.227 e. The Hall–Kier alpha value is -1.43. The van der Waals surface area contributed by atoms with Gasteiger partial charge in [-0.25, -0.2) is 0 Å². The molecule has 3 rings (SSSR count). The van der Waals surface area contributed by atoms with E-state index in [1.807, 2.05) is 0 Å². The monoisotopic (exact) mass is 307 g/mol. The van der Waals surface area contributed by atoms with Gasteiger partial charge < -0.3 is 14.5 Å². The average molecular weight is 307 g/mol. The van der Waals surface area contributed by atoms with Crippen LogP contribution in [-0.4, -0.2) is 45.8 Å². The first-order valence-corrected chi connectivity index (χ1v) is 8.38. The number of rotatable bonds is 7. The van der Waals surface area contributed by atoms with Crippen molar-refractivity contribution in [3.63, 3.8) is 0 Å². The number of carbonyl (C=O) groups excluding carboxylic acids is 1. The molecule has 6 nitrogen and oxygen atoms in total. The van der Waals surface area contributed by atoms with Crippen LogP contribution in [0.2, 0.25) is 0 Å². The van der Waals surface area contributed by atoms with Gasteiger partial charge >= 0.3 is 0 Å². The van der Waals surface area contributed by atoms with E-state index in [4.69, 9.17) is 4.52 Å². The van der Waals surface area contributed by atoms with E-state index < -0.39 is 0 Å². The van der Waals surface area contributed by atoms with Crippen molar-refractivity contribution >= 4 is 5.91 Å². The van der Waals surface area contributed by atoms with Crippen molar-refractivity contribution in [2.75, 3.05) is 13.6 Å². The van der Waals surface area contributed by atoms with Gasteiger partial charge in [0.1, 0.15) is 0 Å². The van der Waals surface area contributed by atoms with Crippen molar-refractivity contribution in [3.05, 3.63) is 11.7 Å². The molecule has 1 amide bonds.